The average molecular weight is 248 g/mol. The van der Waals surface area contributed by atoms with Crippen LogP contribution in [0.2, 0.25) is 0 Å². The molecule has 1 amide bonds. The second-order valence-electron chi connectivity index (χ2n) is 4.27. The van der Waals surface area contributed by atoms with E-state index in [2.05, 4.69) is 21.2 Å². The molecule has 0 aromatic heterocycles. The number of amides is 1. The molecule has 0 radical (unpaired) electrons. The zero-order valence-corrected chi connectivity index (χ0v) is 9.99. The van der Waals surface area contributed by atoms with Crippen LogP contribution in [0.1, 0.15) is 39.5 Å². The molecular formula is C10H18BrNO. The molecule has 0 saturated heterocycles. The molecule has 0 aromatic carbocycles. The summed E-state index contributed by atoms with van der Waals surface area (Å²) in [6.07, 6.45) is 4.72. The number of halogens is 1. The molecule has 13 heavy (non-hydrogen) atoms. The molecule has 1 rings (SSSR count). The molecule has 0 unspecified atom stereocenters. The molecule has 1 saturated carbocycles. The highest BCUT2D eigenvalue weighted by Gasteiger charge is 2.34. The van der Waals surface area contributed by atoms with Gasteiger partial charge in [0.2, 0.25) is 5.91 Å². The van der Waals surface area contributed by atoms with Crippen molar-refractivity contribution >= 4 is 21.8 Å². The lowest BCUT2D eigenvalue weighted by Gasteiger charge is -2.29. The van der Waals surface area contributed by atoms with Crippen molar-refractivity contribution in [3.05, 3.63) is 0 Å². The lowest BCUT2D eigenvalue weighted by molar-refractivity contribution is -0.125. The van der Waals surface area contributed by atoms with Crippen LogP contribution in [0.5, 0.6) is 0 Å². The van der Waals surface area contributed by atoms with Crippen molar-refractivity contribution < 1.29 is 4.79 Å². The van der Waals surface area contributed by atoms with E-state index in [0.717, 1.165) is 18.2 Å². The highest BCUT2D eigenvalue weighted by atomic mass is 79.9. The van der Waals surface area contributed by atoms with Gasteiger partial charge in [-0.2, -0.15) is 0 Å². The summed E-state index contributed by atoms with van der Waals surface area (Å²) < 4.78 is 0. The second-order valence-corrected chi connectivity index (χ2v) is 4.83. The van der Waals surface area contributed by atoms with Gasteiger partial charge < -0.3 is 5.32 Å². The van der Waals surface area contributed by atoms with Crippen molar-refractivity contribution in [1.82, 2.24) is 5.32 Å². The molecule has 0 spiro atoms. The van der Waals surface area contributed by atoms with E-state index in [9.17, 15) is 4.79 Å². The van der Waals surface area contributed by atoms with Crippen molar-refractivity contribution in [2.24, 2.45) is 5.92 Å². The number of nitrogens with one attached hydrogen (secondary N) is 1. The Morgan fingerprint density at radius 3 is 2.38 bits per heavy atom. The fraction of sp³-hybridized carbons (Fsp3) is 0.900. The molecule has 0 atom stereocenters. The standard InChI is InChI=1S/C10H18BrNO/c1-8(2)9(13)12-10(7-11)5-3-4-6-10/h8H,3-7H2,1-2H3,(H,12,13). The first-order chi connectivity index (χ1) is 6.09. The minimum absolute atomic E-state index is 0.0569. The van der Waals surface area contributed by atoms with Crippen molar-refractivity contribution in [3.8, 4) is 0 Å². The summed E-state index contributed by atoms with van der Waals surface area (Å²) in [6.45, 7) is 3.87. The summed E-state index contributed by atoms with van der Waals surface area (Å²) in [5.41, 5.74) is 0.0569. The van der Waals surface area contributed by atoms with Gasteiger partial charge in [-0.05, 0) is 12.8 Å². The van der Waals surface area contributed by atoms with Crippen LogP contribution in [0.3, 0.4) is 0 Å². The smallest absolute Gasteiger partial charge is 0.223 e. The van der Waals surface area contributed by atoms with Gasteiger partial charge in [-0.1, -0.05) is 42.6 Å². The number of alkyl halides is 1. The van der Waals surface area contributed by atoms with Gasteiger partial charge in [0, 0.05) is 16.8 Å². The van der Waals surface area contributed by atoms with Crippen LogP contribution in [0.15, 0.2) is 0 Å². The Kier molecular flexibility index (Phi) is 3.77. The number of carbonyl (C=O) groups is 1. The minimum atomic E-state index is 0.0569. The molecule has 0 aromatic rings. The Labute approximate surface area is 88.6 Å². The lowest BCUT2D eigenvalue weighted by Crippen LogP contribution is -2.49. The minimum Gasteiger partial charge on any atom is -0.350 e. The zero-order chi connectivity index (χ0) is 9.90. The Bertz CT molecular complexity index is 185. The number of hydrogen-bond donors (Lipinski definition) is 1. The zero-order valence-electron chi connectivity index (χ0n) is 8.40. The van der Waals surface area contributed by atoms with E-state index >= 15 is 0 Å². The average Bonchev–Trinajstić information content (AvgIpc) is 2.54. The summed E-state index contributed by atoms with van der Waals surface area (Å²) >= 11 is 3.50. The van der Waals surface area contributed by atoms with Crippen molar-refractivity contribution in [1.29, 1.82) is 0 Å². The normalized spacial score (nSPS) is 20.6. The summed E-state index contributed by atoms with van der Waals surface area (Å²) in [6, 6.07) is 0. The molecule has 2 nitrogen and oxygen atoms in total. The lowest BCUT2D eigenvalue weighted by atomic mass is 9.99. The maximum absolute atomic E-state index is 11.5. The van der Waals surface area contributed by atoms with Crippen LogP contribution >= 0.6 is 15.9 Å². The number of hydrogen-bond acceptors (Lipinski definition) is 1. The van der Waals surface area contributed by atoms with E-state index in [1.807, 2.05) is 13.8 Å². The first-order valence-corrected chi connectivity index (χ1v) is 6.10. The SMILES string of the molecule is CC(C)C(=O)NC1(CBr)CCCC1. The van der Waals surface area contributed by atoms with E-state index in [0.29, 0.717) is 0 Å². The fourth-order valence-electron chi connectivity index (χ4n) is 1.75. The third-order valence-corrected chi connectivity index (χ3v) is 3.80. The van der Waals surface area contributed by atoms with Crippen LogP contribution in [0.25, 0.3) is 0 Å². The Balaban J connectivity index is 2.53. The molecule has 1 aliphatic carbocycles. The van der Waals surface area contributed by atoms with Gasteiger partial charge in [-0.3, -0.25) is 4.79 Å². The van der Waals surface area contributed by atoms with Gasteiger partial charge in [0.15, 0.2) is 0 Å². The van der Waals surface area contributed by atoms with Crippen LogP contribution in [-0.2, 0) is 4.79 Å². The van der Waals surface area contributed by atoms with E-state index in [4.69, 9.17) is 0 Å². The van der Waals surface area contributed by atoms with E-state index < -0.39 is 0 Å². The highest BCUT2D eigenvalue weighted by molar-refractivity contribution is 9.09. The van der Waals surface area contributed by atoms with E-state index in [1.54, 1.807) is 0 Å². The van der Waals surface area contributed by atoms with Gasteiger partial charge in [-0.15, -0.1) is 0 Å². The first kappa shape index (κ1) is 11.0. The molecule has 76 valence electrons. The molecule has 3 heteroatoms. The largest absolute Gasteiger partial charge is 0.350 e. The fourth-order valence-corrected chi connectivity index (χ4v) is 2.45. The highest BCUT2D eigenvalue weighted by Crippen LogP contribution is 2.31. The van der Waals surface area contributed by atoms with Crippen LogP contribution in [0.4, 0.5) is 0 Å². The summed E-state index contributed by atoms with van der Waals surface area (Å²) in [7, 11) is 0. The molecule has 1 N–H and O–H groups in total. The van der Waals surface area contributed by atoms with Crippen LogP contribution in [0, 0.1) is 5.92 Å². The Morgan fingerprint density at radius 2 is 2.00 bits per heavy atom. The predicted octanol–water partition coefficient (Wildman–Crippen LogP) is 2.47. The molecule has 0 bridgehead atoms. The maximum atomic E-state index is 11.5. The Morgan fingerprint density at radius 1 is 1.46 bits per heavy atom. The topological polar surface area (TPSA) is 29.1 Å². The van der Waals surface area contributed by atoms with Crippen LogP contribution in [-0.4, -0.2) is 16.8 Å². The first-order valence-electron chi connectivity index (χ1n) is 4.98. The number of carbonyl (C=O) groups excluding carboxylic acids is 1. The van der Waals surface area contributed by atoms with Gasteiger partial charge in [-0.25, -0.2) is 0 Å². The maximum Gasteiger partial charge on any atom is 0.223 e. The van der Waals surface area contributed by atoms with Gasteiger partial charge in [0.1, 0.15) is 0 Å². The Hall–Kier alpha value is -0.0500. The summed E-state index contributed by atoms with van der Waals surface area (Å²) in [4.78, 5) is 11.5. The second kappa shape index (κ2) is 4.45. The monoisotopic (exact) mass is 247 g/mol. The van der Waals surface area contributed by atoms with Gasteiger partial charge >= 0.3 is 0 Å². The molecule has 1 aliphatic rings. The third kappa shape index (κ3) is 2.70. The molecular weight excluding hydrogens is 230 g/mol. The predicted molar refractivity (Wildman–Crippen MR) is 58.0 cm³/mol. The van der Waals surface area contributed by atoms with Crippen molar-refractivity contribution in [3.63, 3.8) is 0 Å². The molecule has 0 aliphatic heterocycles. The van der Waals surface area contributed by atoms with Crippen molar-refractivity contribution in [2.45, 2.75) is 45.1 Å². The summed E-state index contributed by atoms with van der Waals surface area (Å²) in [5.74, 6) is 0.276. The third-order valence-electron chi connectivity index (χ3n) is 2.73. The number of rotatable bonds is 3. The van der Waals surface area contributed by atoms with Crippen LogP contribution < -0.4 is 5.32 Å². The van der Waals surface area contributed by atoms with E-state index in [-0.39, 0.29) is 17.4 Å². The quantitative estimate of drug-likeness (QED) is 0.764. The summed E-state index contributed by atoms with van der Waals surface area (Å²) in [5, 5.41) is 4.04. The van der Waals surface area contributed by atoms with E-state index in [1.165, 1.54) is 12.8 Å². The van der Waals surface area contributed by atoms with Gasteiger partial charge in [0.05, 0.1) is 0 Å². The van der Waals surface area contributed by atoms with Crippen molar-refractivity contribution in [2.75, 3.05) is 5.33 Å². The molecule has 0 heterocycles. The van der Waals surface area contributed by atoms with Gasteiger partial charge in [0.25, 0.3) is 0 Å². The molecule has 1 fully saturated rings.